The minimum atomic E-state index is -0.537. The molecular weight excluding hydrogens is 321 g/mol. The van der Waals surface area contributed by atoms with Crippen LogP contribution in [0.15, 0.2) is 42.0 Å². The minimum Gasteiger partial charge on any atom is -0.455 e. The molecule has 0 fully saturated rings. The number of amides is 1. The Kier molecular flexibility index (Phi) is 4.33. The summed E-state index contributed by atoms with van der Waals surface area (Å²) < 4.78 is 19.5. The topological polar surface area (TPSA) is 72.7 Å². The number of rotatable bonds is 5. The van der Waals surface area contributed by atoms with Crippen LogP contribution in [0.2, 0.25) is 0 Å². The van der Waals surface area contributed by atoms with E-state index in [1.165, 1.54) is 35.6 Å². The zero-order chi connectivity index (χ0) is 16.2. The Morgan fingerprint density at radius 1 is 1.30 bits per heavy atom. The average molecular weight is 333 g/mol. The molecule has 0 aliphatic rings. The fourth-order valence-electron chi connectivity index (χ4n) is 1.94. The summed E-state index contributed by atoms with van der Waals surface area (Å²) in [7, 11) is 0. The van der Waals surface area contributed by atoms with Crippen molar-refractivity contribution in [2.24, 2.45) is 0 Å². The Balaban J connectivity index is 1.47. The van der Waals surface area contributed by atoms with Crippen molar-refractivity contribution in [1.82, 2.24) is 9.38 Å². The highest BCUT2D eigenvalue weighted by Gasteiger charge is 2.11. The van der Waals surface area contributed by atoms with Crippen LogP contribution in [0.5, 0.6) is 0 Å². The number of benzene rings is 1. The van der Waals surface area contributed by atoms with Gasteiger partial charge in [0.1, 0.15) is 5.82 Å². The molecular formula is C15H12FN3O3S. The molecule has 0 bridgehead atoms. The van der Waals surface area contributed by atoms with Gasteiger partial charge in [0, 0.05) is 23.5 Å². The van der Waals surface area contributed by atoms with Crippen molar-refractivity contribution in [3.8, 4) is 0 Å². The maximum atomic E-state index is 12.7. The highest BCUT2D eigenvalue weighted by Crippen LogP contribution is 2.12. The van der Waals surface area contributed by atoms with Crippen molar-refractivity contribution >= 4 is 33.9 Å². The second kappa shape index (κ2) is 6.57. The van der Waals surface area contributed by atoms with Crippen LogP contribution < -0.4 is 5.32 Å². The zero-order valence-electron chi connectivity index (χ0n) is 11.9. The number of aromatic nitrogens is 2. The van der Waals surface area contributed by atoms with Crippen molar-refractivity contribution in [3.63, 3.8) is 0 Å². The standard InChI is InChI=1S/C15H12FN3O3S/c16-10-1-3-11(4-2-10)17-13(20)9-22-14(21)7-12-8-19-5-6-23-15(19)18-12/h1-6,8H,7,9H2,(H,17,20). The Morgan fingerprint density at radius 2 is 2.09 bits per heavy atom. The molecule has 2 heterocycles. The van der Waals surface area contributed by atoms with Crippen LogP contribution in [0.4, 0.5) is 10.1 Å². The Hall–Kier alpha value is -2.74. The summed E-state index contributed by atoms with van der Waals surface area (Å²) in [5.74, 6) is -1.42. The fraction of sp³-hybridized carbons (Fsp3) is 0.133. The number of anilines is 1. The summed E-state index contributed by atoms with van der Waals surface area (Å²) in [5, 5.41) is 4.40. The lowest BCUT2D eigenvalue weighted by Crippen LogP contribution is -2.21. The summed E-state index contributed by atoms with van der Waals surface area (Å²) in [4.78, 5) is 28.4. The molecule has 0 aliphatic carbocycles. The second-order valence-corrected chi connectivity index (χ2v) is 5.59. The Labute approximate surface area is 134 Å². The smallest absolute Gasteiger partial charge is 0.312 e. The number of carbonyl (C=O) groups is 2. The Bertz CT molecular complexity index is 813. The average Bonchev–Trinajstić information content (AvgIpc) is 3.09. The van der Waals surface area contributed by atoms with Crippen LogP contribution >= 0.6 is 11.3 Å². The first-order chi connectivity index (χ1) is 11.1. The number of nitrogens with zero attached hydrogens (tertiary/aromatic N) is 2. The lowest BCUT2D eigenvalue weighted by Gasteiger charge is -2.06. The number of imidazole rings is 1. The first-order valence-electron chi connectivity index (χ1n) is 6.72. The van der Waals surface area contributed by atoms with E-state index in [9.17, 15) is 14.0 Å². The van der Waals surface area contributed by atoms with Crippen LogP contribution in [-0.2, 0) is 20.7 Å². The van der Waals surface area contributed by atoms with Crippen molar-refractivity contribution < 1.29 is 18.7 Å². The van der Waals surface area contributed by atoms with Crippen LogP contribution in [0.3, 0.4) is 0 Å². The van der Waals surface area contributed by atoms with Gasteiger partial charge in [0.25, 0.3) is 5.91 Å². The third kappa shape index (κ3) is 3.92. The number of thiazole rings is 1. The lowest BCUT2D eigenvalue weighted by atomic mass is 10.3. The molecule has 0 saturated heterocycles. The van der Waals surface area contributed by atoms with E-state index >= 15 is 0 Å². The molecule has 0 unspecified atom stereocenters. The summed E-state index contributed by atoms with van der Waals surface area (Å²) in [6.07, 6.45) is 3.59. The monoisotopic (exact) mass is 333 g/mol. The molecule has 118 valence electrons. The van der Waals surface area contributed by atoms with Gasteiger partial charge in [0.15, 0.2) is 11.6 Å². The van der Waals surface area contributed by atoms with Crippen molar-refractivity contribution in [1.29, 1.82) is 0 Å². The predicted molar refractivity (Wildman–Crippen MR) is 82.8 cm³/mol. The van der Waals surface area contributed by atoms with Crippen LogP contribution in [0.1, 0.15) is 5.69 Å². The van der Waals surface area contributed by atoms with E-state index in [4.69, 9.17) is 4.74 Å². The van der Waals surface area contributed by atoms with Gasteiger partial charge in [-0.3, -0.25) is 14.0 Å². The van der Waals surface area contributed by atoms with Crippen LogP contribution in [0, 0.1) is 5.82 Å². The number of hydrogen-bond donors (Lipinski definition) is 1. The SMILES string of the molecule is O=C(COC(=O)Cc1cn2ccsc2n1)Nc1ccc(F)cc1. The van der Waals surface area contributed by atoms with Gasteiger partial charge in [-0.15, -0.1) is 11.3 Å². The summed E-state index contributed by atoms with van der Waals surface area (Å²) >= 11 is 1.46. The van der Waals surface area contributed by atoms with Crippen molar-refractivity contribution in [3.05, 3.63) is 53.6 Å². The van der Waals surface area contributed by atoms with E-state index in [0.29, 0.717) is 11.4 Å². The van der Waals surface area contributed by atoms with Gasteiger partial charge in [-0.05, 0) is 24.3 Å². The van der Waals surface area contributed by atoms with E-state index in [2.05, 4.69) is 10.3 Å². The molecule has 0 atom stereocenters. The van der Waals surface area contributed by atoms with E-state index in [-0.39, 0.29) is 6.42 Å². The lowest BCUT2D eigenvalue weighted by molar-refractivity contribution is -0.146. The zero-order valence-corrected chi connectivity index (χ0v) is 12.7. The molecule has 0 saturated carbocycles. The number of ether oxygens (including phenoxy) is 1. The molecule has 3 rings (SSSR count). The number of halogens is 1. The summed E-state index contributed by atoms with van der Waals surface area (Å²) in [6, 6.07) is 5.30. The maximum absolute atomic E-state index is 12.7. The third-order valence-electron chi connectivity index (χ3n) is 2.96. The number of carbonyl (C=O) groups excluding carboxylic acids is 2. The van der Waals surface area contributed by atoms with E-state index < -0.39 is 24.3 Å². The van der Waals surface area contributed by atoms with E-state index in [0.717, 1.165) is 4.96 Å². The molecule has 0 radical (unpaired) electrons. The number of fused-ring (bicyclic) bond motifs is 1. The van der Waals surface area contributed by atoms with Gasteiger partial charge in [-0.2, -0.15) is 0 Å². The van der Waals surface area contributed by atoms with E-state index in [1.54, 1.807) is 6.20 Å². The normalized spacial score (nSPS) is 10.7. The van der Waals surface area contributed by atoms with Crippen LogP contribution in [-0.4, -0.2) is 27.9 Å². The molecule has 1 aromatic carbocycles. The van der Waals surface area contributed by atoms with Crippen molar-refractivity contribution in [2.75, 3.05) is 11.9 Å². The van der Waals surface area contributed by atoms with Gasteiger partial charge in [0.2, 0.25) is 0 Å². The van der Waals surface area contributed by atoms with Gasteiger partial charge < -0.3 is 10.1 Å². The van der Waals surface area contributed by atoms with Gasteiger partial charge in [-0.25, -0.2) is 9.37 Å². The van der Waals surface area contributed by atoms with Gasteiger partial charge >= 0.3 is 5.97 Å². The van der Waals surface area contributed by atoms with E-state index in [1.807, 2.05) is 16.0 Å². The largest absolute Gasteiger partial charge is 0.455 e. The molecule has 1 amide bonds. The highest BCUT2D eigenvalue weighted by molar-refractivity contribution is 7.15. The molecule has 2 aromatic heterocycles. The summed E-state index contributed by atoms with van der Waals surface area (Å²) in [5.41, 5.74) is 1.02. The number of hydrogen-bond acceptors (Lipinski definition) is 5. The molecule has 1 N–H and O–H groups in total. The molecule has 6 nitrogen and oxygen atoms in total. The summed E-state index contributed by atoms with van der Waals surface area (Å²) in [6.45, 7) is -0.404. The number of nitrogens with one attached hydrogen (secondary N) is 1. The fourth-order valence-corrected chi connectivity index (χ4v) is 2.66. The van der Waals surface area contributed by atoms with Gasteiger partial charge in [0.05, 0.1) is 12.1 Å². The van der Waals surface area contributed by atoms with Crippen LogP contribution in [0.25, 0.3) is 4.96 Å². The quantitative estimate of drug-likeness (QED) is 0.727. The van der Waals surface area contributed by atoms with Crippen molar-refractivity contribution in [2.45, 2.75) is 6.42 Å². The molecule has 0 spiro atoms. The third-order valence-corrected chi connectivity index (χ3v) is 3.73. The number of esters is 1. The second-order valence-electron chi connectivity index (χ2n) is 4.72. The van der Waals surface area contributed by atoms with Gasteiger partial charge in [-0.1, -0.05) is 0 Å². The molecule has 0 aliphatic heterocycles. The predicted octanol–water partition coefficient (Wildman–Crippen LogP) is 2.26. The molecule has 23 heavy (non-hydrogen) atoms. The first-order valence-corrected chi connectivity index (χ1v) is 7.60. The molecule has 8 heteroatoms. The Morgan fingerprint density at radius 3 is 2.83 bits per heavy atom. The molecule has 3 aromatic rings. The highest BCUT2D eigenvalue weighted by atomic mass is 32.1. The maximum Gasteiger partial charge on any atom is 0.312 e. The first kappa shape index (κ1) is 15.2. The minimum absolute atomic E-state index is 0.00176.